The van der Waals surface area contributed by atoms with Gasteiger partial charge in [0.2, 0.25) is 0 Å². The molecule has 14 heavy (non-hydrogen) atoms. The molecule has 0 aromatic heterocycles. The van der Waals surface area contributed by atoms with Gasteiger partial charge < -0.3 is 4.74 Å². The largest absolute Gasteiger partial charge is 0.426 e. The minimum Gasteiger partial charge on any atom is -0.426 e. The summed E-state index contributed by atoms with van der Waals surface area (Å²) in [5.41, 5.74) is 0. The lowest BCUT2D eigenvalue weighted by Gasteiger charge is -2.07. The molecule has 1 rings (SSSR count). The van der Waals surface area contributed by atoms with Crippen LogP contribution in [-0.2, 0) is 4.79 Å². The quantitative estimate of drug-likeness (QED) is 0.484. The third-order valence-electron chi connectivity index (χ3n) is 1.58. The summed E-state index contributed by atoms with van der Waals surface area (Å²) in [6.45, 7) is 0. The number of esters is 1. The molecule has 0 fully saturated rings. The minimum absolute atomic E-state index is 0.248. The summed E-state index contributed by atoms with van der Waals surface area (Å²) >= 11 is 6.52. The summed E-state index contributed by atoms with van der Waals surface area (Å²) in [5, 5.41) is 0.771. The third kappa shape index (κ3) is 3.80. The Morgan fingerprint density at radius 1 is 1.36 bits per heavy atom. The summed E-state index contributed by atoms with van der Waals surface area (Å²) in [7, 11) is 0. The Labute approximate surface area is 99.9 Å². The Bertz CT molecular complexity index is 287. The lowest BCUT2D eigenvalue weighted by Crippen LogP contribution is -2.20. The molecule has 1 atom stereocenters. The molecule has 0 heterocycles. The summed E-state index contributed by atoms with van der Waals surface area (Å²) in [4.78, 5) is 11.2. The number of halogens is 2. The molecule has 0 radical (unpaired) electrons. The lowest BCUT2D eigenvalue weighted by atomic mass is 10.3. The van der Waals surface area contributed by atoms with Crippen LogP contribution in [0.25, 0.3) is 0 Å². The predicted octanol–water partition coefficient (Wildman–Crippen LogP) is 3.14. The van der Waals surface area contributed by atoms with Gasteiger partial charge in [-0.05, 0) is 18.6 Å². The smallest absolute Gasteiger partial charge is 0.325 e. The van der Waals surface area contributed by atoms with Crippen molar-refractivity contribution in [3.8, 4) is 5.75 Å². The monoisotopic (exact) mass is 320 g/mol. The average Bonchev–Trinajstić information content (AvgIpc) is 2.19. The van der Waals surface area contributed by atoms with E-state index in [4.69, 9.17) is 4.74 Å². The molecule has 4 heteroatoms. The van der Waals surface area contributed by atoms with E-state index in [2.05, 4.69) is 31.9 Å². The molecule has 0 aliphatic heterocycles. The highest BCUT2D eigenvalue weighted by Gasteiger charge is 2.15. The molecular formula is C10H10Br2O2. The van der Waals surface area contributed by atoms with Gasteiger partial charge in [-0.3, -0.25) is 4.79 Å². The van der Waals surface area contributed by atoms with Crippen molar-refractivity contribution >= 4 is 37.8 Å². The van der Waals surface area contributed by atoms with Gasteiger partial charge in [0.1, 0.15) is 10.6 Å². The molecule has 0 N–H and O–H groups in total. The molecule has 0 spiro atoms. The molecule has 1 unspecified atom stereocenters. The number of para-hydroxylation sites is 1. The topological polar surface area (TPSA) is 26.3 Å². The van der Waals surface area contributed by atoms with Crippen molar-refractivity contribution in [1.82, 2.24) is 0 Å². The van der Waals surface area contributed by atoms with Gasteiger partial charge in [-0.25, -0.2) is 0 Å². The molecule has 0 saturated heterocycles. The van der Waals surface area contributed by atoms with Crippen LogP contribution in [-0.4, -0.2) is 16.1 Å². The summed E-state index contributed by atoms with van der Waals surface area (Å²) in [5.74, 6) is 0.326. The molecule has 0 aliphatic carbocycles. The first-order valence-corrected chi connectivity index (χ1v) is 6.24. The second kappa shape index (κ2) is 6.19. The van der Waals surface area contributed by atoms with Gasteiger partial charge in [-0.1, -0.05) is 50.1 Å². The maximum Gasteiger partial charge on any atom is 0.325 e. The number of hydrogen-bond acceptors (Lipinski definition) is 2. The van der Waals surface area contributed by atoms with Gasteiger partial charge in [-0.15, -0.1) is 0 Å². The lowest BCUT2D eigenvalue weighted by molar-refractivity contribution is -0.133. The van der Waals surface area contributed by atoms with Gasteiger partial charge >= 0.3 is 5.97 Å². The van der Waals surface area contributed by atoms with Crippen molar-refractivity contribution in [2.75, 3.05) is 5.33 Å². The van der Waals surface area contributed by atoms with E-state index >= 15 is 0 Å². The second-order valence-electron chi connectivity index (χ2n) is 2.68. The first-order valence-electron chi connectivity index (χ1n) is 4.21. The van der Waals surface area contributed by atoms with Crippen LogP contribution in [0.3, 0.4) is 0 Å². The van der Waals surface area contributed by atoms with Crippen molar-refractivity contribution in [2.24, 2.45) is 0 Å². The highest BCUT2D eigenvalue weighted by atomic mass is 79.9. The van der Waals surface area contributed by atoms with Crippen molar-refractivity contribution in [1.29, 1.82) is 0 Å². The van der Waals surface area contributed by atoms with E-state index in [1.165, 1.54) is 0 Å². The van der Waals surface area contributed by atoms with Crippen LogP contribution in [0.15, 0.2) is 30.3 Å². The Morgan fingerprint density at radius 2 is 2.00 bits per heavy atom. The van der Waals surface area contributed by atoms with E-state index < -0.39 is 0 Å². The molecule has 0 amide bonds. The Hall–Kier alpha value is -0.350. The van der Waals surface area contributed by atoms with E-state index in [1.54, 1.807) is 12.1 Å². The summed E-state index contributed by atoms with van der Waals surface area (Å²) in [6.07, 6.45) is 0.714. The highest BCUT2D eigenvalue weighted by Crippen LogP contribution is 2.14. The van der Waals surface area contributed by atoms with Gasteiger partial charge in [-0.2, -0.15) is 0 Å². The van der Waals surface area contributed by atoms with E-state index in [0.717, 1.165) is 5.33 Å². The number of rotatable bonds is 4. The number of carbonyl (C=O) groups is 1. The van der Waals surface area contributed by atoms with Crippen LogP contribution < -0.4 is 4.74 Å². The van der Waals surface area contributed by atoms with Gasteiger partial charge in [0.05, 0.1) is 0 Å². The molecule has 0 bridgehead atoms. The normalized spacial score (nSPS) is 12.1. The van der Waals surface area contributed by atoms with Crippen LogP contribution in [0.2, 0.25) is 0 Å². The van der Waals surface area contributed by atoms with Crippen LogP contribution in [0.1, 0.15) is 6.42 Å². The molecule has 2 nitrogen and oxygen atoms in total. The Balaban J connectivity index is 2.49. The van der Waals surface area contributed by atoms with Crippen molar-refractivity contribution in [3.63, 3.8) is 0 Å². The molecule has 1 aromatic rings. The highest BCUT2D eigenvalue weighted by molar-refractivity contribution is 9.10. The number of alkyl halides is 2. The zero-order valence-corrected chi connectivity index (χ0v) is 10.6. The van der Waals surface area contributed by atoms with Crippen molar-refractivity contribution < 1.29 is 9.53 Å². The fraction of sp³-hybridized carbons (Fsp3) is 0.300. The first kappa shape index (κ1) is 11.7. The number of benzene rings is 1. The van der Waals surface area contributed by atoms with Crippen LogP contribution in [0, 0.1) is 0 Å². The van der Waals surface area contributed by atoms with E-state index in [1.807, 2.05) is 18.2 Å². The van der Waals surface area contributed by atoms with Gasteiger partial charge in [0, 0.05) is 5.33 Å². The first-order chi connectivity index (χ1) is 6.74. The fourth-order valence-corrected chi connectivity index (χ4v) is 2.28. The van der Waals surface area contributed by atoms with Crippen molar-refractivity contribution in [3.05, 3.63) is 30.3 Å². The van der Waals surface area contributed by atoms with Crippen LogP contribution in [0.4, 0.5) is 0 Å². The zero-order chi connectivity index (χ0) is 10.4. The number of hydrogen-bond donors (Lipinski definition) is 0. The molecular weight excluding hydrogens is 312 g/mol. The molecule has 0 aliphatic rings. The zero-order valence-electron chi connectivity index (χ0n) is 7.45. The summed E-state index contributed by atoms with van der Waals surface area (Å²) < 4.78 is 5.12. The van der Waals surface area contributed by atoms with E-state index in [-0.39, 0.29) is 10.8 Å². The maximum atomic E-state index is 11.4. The molecule has 1 aromatic carbocycles. The molecule has 0 saturated carbocycles. The fourth-order valence-electron chi connectivity index (χ4n) is 0.882. The maximum absolute atomic E-state index is 11.4. The standard InChI is InChI=1S/C10H10Br2O2/c11-7-6-9(12)10(13)14-8-4-2-1-3-5-8/h1-5,9H,6-7H2. The van der Waals surface area contributed by atoms with Crippen molar-refractivity contribution in [2.45, 2.75) is 11.2 Å². The predicted molar refractivity (Wildman–Crippen MR) is 63.2 cm³/mol. The Kier molecular flexibility index (Phi) is 5.19. The Morgan fingerprint density at radius 3 is 2.57 bits per heavy atom. The third-order valence-corrected chi connectivity index (χ3v) is 2.87. The average molecular weight is 322 g/mol. The van der Waals surface area contributed by atoms with Gasteiger partial charge in [0.15, 0.2) is 0 Å². The number of ether oxygens (including phenoxy) is 1. The van der Waals surface area contributed by atoms with E-state index in [9.17, 15) is 4.79 Å². The van der Waals surface area contributed by atoms with E-state index in [0.29, 0.717) is 12.2 Å². The van der Waals surface area contributed by atoms with Gasteiger partial charge in [0.25, 0.3) is 0 Å². The summed E-state index contributed by atoms with van der Waals surface area (Å²) in [6, 6.07) is 9.05. The van der Waals surface area contributed by atoms with Crippen LogP contribution in [0.5, 0.6) is 5.75 Å². The minimum atomic E-state index is -0.254. The SMILES string of the molecule is O=C(Oc1ccccc1)C(Br)CCBr. The second-order valence-corrected chi connectivity index (χ2v) is 4.58. The number of carbonyl (C=O) groups excluding carboxylic acids is 1. The molecule has 76 valence electrons. The van der Waals surface area contributed by atoms with Crippen LogP contribution >= 0.6 is 31.9 Å².